The Morgan fingerprint density at radius 1 is 1.03 bits per heavy atom. The molecule has 150 valence electrons. The van der Waals surface area contributed by atoms with E-state index in [2.05, 4.69) is 5.32 Å². The Labute approximate surface area is 168 Å². The van der Waals surface area contributed by atoms with Crippen LogP contribution >= 0.6 is 0 Å². The van der Waals surface area contributed by atoms with Gasteiger partial charge in [-0.25, -0.2) is 4.79 Å². The third kappa shape index (κ3) is 4.13. The molecule has 0 radical (unpaired) electrons. The van der Waals surface area contributed by atoms with Crippen molar-refractivity contribution in [2.75, 3.05) is 24.4 Å². The third-order valence-electron chi connectivity index (χ3n) is 4.80. The van der Waals surface area contributed by atoms with Gasteiger partial charge in [-0.15, -0.1) is 0 Å². The first-order valence-electron chi connectivity index (χ1n) is 9.08. The van der Waals surface area contributed by atoms with E-state index in [0.717, 1.165) is 0 Å². The molecule has 2 aromatic carbocycles. The number of rotatable bonds is 5. The fraction of sp³-hybridized carbons (Fsp3) is 0.227. The van der Waals surface area contributed by atoms with E-state index in [1.54, 1.807) is 62.6 Å². The number of esters is 1. The highest BCUT2D eigenvalue weighted by Gasteiger charge is 2.40. The van der Waals surface area contributed by atoms with Crippen molar-refractivity contribution in [3.05, 3.63) is 65.9 Å². The van der Waals surface area contributed by atoms with Gasteiger partial charge in [0.1, 0.15) is 5.75 Å². The van der Waals surface area contributed by atoms with Crippen LogP contribution in [0.25, 0.3) is 0 Å². The summed E-state index contributed by atoms with van der Waals surface area (Å²) in [6.45, 7) is 1.64. The number of nitrogens with one attached hydrogen (secondary N) is 1. The zero-order chi connectivity index (χ0) is 21.0. The Kier molecular flexibility index (Phi) is 5.97. The predicted octanol–water partition coefficient (Wildman–Crippen LogP) is 3.13. The number of allylic oxidation sites excluding steroid dienone is 1. The molecule has 0 aromatic heterocycles. The SMILES string of the molecule is COC(=O)C1=C(C)N(c2ccccc2)C(=O)C[C@@H]1C(=O)Nc1ccc(OC)cc1. The van der Waals surface area contributed by atoms with E-state index in [0.29, 0.717) is 22.8 Å². The lowest BCUT2D eigenvalue weighted by molar-refractivity contribution is -0.138. The van der Waals surface area contributed by atoms with Gasteiger partial charge in [0.05, 0.1) is 25.7 Å². The van der Waals surface area contributed by atoms with Gasteiger partial charge in [-0.1, -0.05) is 18.2 Å². The number of para-hydroxylation sites is 1. The van der Waals surface area contributed by atoms with Crippen LogP contribution in [-0.4, -0.2) is 32.0 Å². The molecule has 0 spiro atoms. The molecule has 1 aliphatic heterocycles. The number of ether oxygens (including phenoxy) is 2. The van der Waals surface area contributed by atoms with Gasteiger partial charge in [0.2, 0.25) is 11.8 Å². The smallest absolute Gasteiger partial charge is 0.336 e. The molecule has 2 amide bonds. The van der Waals surface area contributed by atoms with Gasteiger partial charge < -0.3 is 14.8 Å². The first kappa shape index (κ1) is 20.1. The zero-order valence-electron chi connectivity index (χ0n) is 16.5. The van der Waals surface area contributed by atoms with Crippen LogP contribution in [0, 0.1) is 5.92 Å². The highest BCUT2D eigenvalue weighted by atomic mass is 16.5. The molecule has 0 bridgehead atoms. The summed E-state index contributed by atoms with van der Waals surface area (Å²) in [6, 6.07) is 15.8. The van der Waals surface area contributed by atoms with E-state index in [9.17, 15) is 14.4 Å². The van der Waals surface area contributed by atoms with Crippen LogP contribution in [0.1, 0.15) is 13.3 Å². The summed E-state index contributed by atoms with van der Waals surface area (Å²) in [5.41, 5.74) is 1.72. The second-order valence-corrected chi connectivity index (χ2v) is 6.53. The largest absolute Gasteiger partial charge is 0.497 e. The predicted molar refractivity (Wildman–Crippen MR) is 108 cm³/mol. The third-order valence-corrected chi connectivity index (χ3v) is 4.80. The number of carbonyl (C=O) groups is 3. The number of nitrogens with zero attached hydrogens (tertiary/aromatic N) is 1. The molecular weight excluding hydrogens is 372 g/mol. The van der Waals surface area contributed by atoms with Gasteiger partial charge in [-0.05, 0) is 43.3 Å². The van der Waals surface area contributed by atoms with Gasteiger partial charge in [0.25, 0.3) is 0 Å². The average molecular weight is 394 g/mol. The van der Waals surface area contributed by atoms with Crippen LogP contribution in [0.15, 0.2) is 65.9 Å². The second kappa shape index (κ2) is 8.60. The van der Waals surface area contributed by atoms with Crippen molar-refractivity contribution < 1.29 is 23.9 Å². The minimum atomic E-state index is -0.947. The van der Waals surface area contributed by atoms with E-state index in [1.165, 1.54) is 12.0 Å². The lowest BCUT2D eigenvalue weighted by Gasteiger charge is -2.33. The molecule has 7 heteroatoms. The van der Waals surface area contributed by atoms with E-state index in [1.807, 2.05) is 6.07 Å². The monoisotopic (exact) mass is 394 g/mol. The van der Waals surface area contributed by atoms with Gasteiger partial charge >= 0.3 is 5.97 Å². The van der Waals surface area contributed by atoms with E-state index >= 15 is 0 Å². The number of benzene rings is 2. The maximum Gasteiger partial charge on any atom is 0.336 e. The van der Waals surface area contributed by atoms with Crippen LogP contribution in [0.4, 0.5) is 11.4 Å². The molecule has 29 heavy (non-hydrogen) atoms. The first-order chi connectivity index (χ1) is 14.0. The molecule has 0 saturated carbocycles. The van der Waals surface area contributed by atoms with Gasteiger partial charge in [-0.3, -0.25) is 14.5 Å². The Morgan fingerprint density at radius 2 is 1.69 bits per heavy atom. The van der Waals surface area contributed by atoms with E-state index in [-0.39, 0.29) is 17.9 Å². The van der Waals surface area contributed by atoms with Crippen molar-refractivity contribution in [3.8, 4) is 5.75 Å². The van der Waals surface area contributed by atoms with Gasteiger partial charge in [-0.2, -0.15) is 0 Å². The second-order valence-electron chi connectivity index (χ2n) is 6.53. The van der Waals surface area contributed by atoms with Crippen molar-refractivity contribution in [1.29, 1.82) is 0 Å². The summed E-state index contributed by atoms with van der Waals surface area (Å²) in [7, 11) is 2.81. The molecule has 0 fully saturated rings. The number of hydrogen-bond donors (Lipinski definition) is 1. The summed E-state index contributed by atoms with van der Waals surface area (Å²) < 4.78 is 10.0. The fourth-order valence-corrected chi connectivity index (χ4v) is 3.37. The van der Waals surface area contributed by atoms with Crippen LogP contribution in [0.2, 0.25) is 0 Å². The molecule has 1 N–H and O–H groups in total. The first-order valence-corrected chi connectivity index (χ1v) is 9.08. The summed E-state index contributed by atoms with van der Waals surface area (Å²) in [4.78, 5) is 39.7. The highest BCUT2D eigenvalue weighted by molar-refractivity contribution is 6.10. The molecule has 1 heterocycles. The average Bonchev–Trinajstić information content (AvgIpc) is 2.74. The topological polar surface area (TPSA) is 84.9 Å². The van der Waals surface area contributed by atoms with E-state index < -0.39 is 17.8 Å². The number of anilines is 2. The standard InChI is InChI=1S/C22H22N2O5/c1-14-20(22(27)29-3)18(13-19(25)24(14)16-7-5-4-6-8-16)21(26)23-15-9-11-17(28-2)12-10-15/h4-12,18H,13H2,1-3H3,(H,23,26)/t18-/m0/s1. The highest BCUT2D eigenvalue weighted by Crippen LogP contribution is 2.34. The van der Waals surface area contributed by atoms with E-state index in [4.69, 9.17) is 9.47 Å². The summed E-state index contributed by atoms with van der Waals surface area (Å²) in [6.07, 6.45) is -0.140. The van der Waals surface area contributed by atoms with Crippen molar-refractivity contribution >= 4 is 29.2 Å². The van der Waals surface area contributed by atoms with Gasteiger partial charge in [0.15, 0.2) is 0 Å². The molecule has 0 aliphatic carbocycles. The van der Waals surface area contributed by atoms with Gasteiger partial charge in [0, 0.05) is 23.5 Å². The summed E-state index contributed by atoms with van der Waals surface area (Å²) in [5.74, 6) is -1.64. The quantitative estimate of drug-likeness (QED) is 0.788. The number of amides is 2. The zero-order valence-corrected chi connectivity index (χ0v) is 16.5. The Bertz CT molecular complexity index is 951. The van der Waals surface area contributed by atoms with Crippen molar-refractivity contribution in [2.45, 2.75) is 13.3 Å². The van der Waals surface area contributed by atoms with Crippen LogP contribution in [0.3, 0.4) is 0 Å². The van der Waals surface area contributed by atoms with Crippen molar-refractivity contribution in [2.24, 2.45) is 5.92 Å². The summed E-state index contributed by atoms with van der Waals surface area (Å²) >= 11 is 0. The number of methoxy groups -OCH3 is 2. The van der Waals surface area contributed by atoms with Crippen molar-refractivity contribution in [1.82, 2.24) is 0 Å². The van der Waals surface area contributed by atoms with Crippen LogP contribution < -0.4 is 15.0 Å². The Balaban J connectivity index is 1.94. The summed E-state index contributed by atoms with van der Waals surface area (Å²) in [5, 5.41) is 2.76. The molecular formula is C22H22N2O5. The maximum atomic E-state index is 12.9. The molecule has 0 unspecified atom stereocenters. The number of hydrogen-bond acceptors (Lipinski definition) is 5. The number of carbonyl (C=O) groups excluding carboxylic acids is 3. The normalized spacial score (nSPS) is 16.4. The fourth-order valence-electron chi connectivity index (χ4n) is 3.37. The molecule has 2 aromatic rings. The molecule has 1 atom stereocenters. The van der Waals surface area contributed by atoms with Crippen molar-refractivity contribution in [3.63, 3.8) is 0 Å². The van der Waals surface area contributed by atoms with Crippen LogP contribution in [-0.2, 0) is 19.1 Å². The molecule has 1 aliphatic rings. The molecule has 7 nitrogen and oxygen atoms in total. The minimum absolute atomic E-state index is 0.140. The molecule has 0 saturated heterocycles. The van der Waals surface area contributed by atoms with Crippen LogP contribution in [0.5, 0.6) is 5.75 Å². The molecule has 3 rings (SSSR count). The maximum absolute atomic E-state index is 12.9. The lowest BCUT2D eigenvalue weighted by atomic mass is 9.88. The lowest BCUT2D eigenvalue weighted by Crippen LogP contribution is -2.43. The Hall–Kier alpha value is -3.61. The Morgan fingerprint density at radius 3 is 2.28 bits per heavy atom. The minimum Gasteiger partial charge on any atom is -0.497 e.